The maximum Gasteiger partial charge on any atom is 0.340 e. The molecule has 2 heterocycles. The Morgan fingerprint density at radius 2 is 1.62 bits per heavy atom. The average molecular weight is 459 g/mol. The van der Waals surface area contributed by atoms with Crippen molar-refractivity contribution >= 4 is 11.9 Å². The Morgan fingerprint density at radius 1 is 0.971 bits per heavy atom. The molecule has 0 bridgehead atoms. The van der Waals surface area contributed by atoms with Gasteiger partial charge in [-0.3, -0.25) is 4.79 Å². The number of nitrogens with one attached hydrogen (secondary N) is 1. The van der Waals surface area contributed by atoms with Crippen LogP contribution in [0.5, 0.6) is 23.0 Å². The summed E-state index contributed by atoms with van der Waals surface area (Å²) in [5.74, 6) is 0.138. The number of carbonyl (C=O) groups is 2. The highest BCUT2D eigenvalue weighted by molar-refractivity contribution is 6.08. The van der Waals surface area contributed by atoms with E-state index in [0.717, 1.165) is 12.8 Å². The van der Waals surface area contributed by atoms with Gasteiger partial charge in [0.25, 0.3) is 5.91 Å². The minimum Gasteiger partial charge on any atom is -0.508 e. The molecule has 3 aromatic carbocycles. The maximum atomic E-state index is 13.3. The lowest BCUT2D eigenvalue weighted by Gasteiger charge is -2.36. The van der Waals surface area contributed by atoms with Gasteiger partial charge in [-0.2, -0.15) is 0 Å². The zero-order valence-corrected chi connectivity index (χ0v) is 18.9. The van der Waals surface area contributed by atoms with Crippen molar-refractivity contribution in [3.8, 4) is 23.0 Å². The lowest BCUT2D eigenvalue weighted by molar-refractivity contribution is 0.0223. The molecule has 0 aliphatic carbocycles. The van der Waals surface area contributed by atoms with E-state index in [1.54, 1.807) is 30.3 Å². The van der Waals surface area contributed by atoms with E-state index in [2.05, 4.69) is 19.2 Å². The standard InChI is InChI=1S/C27H25NO6/c1-15(2)5-4-12-28-25(31)18-6-3-7-21-24(18)26(32)34-27(21)19-10-8-16(29)13-22(19)33-23-14-17(30)9-11-20(23)27/h3,6-11,13-15,29-30H,4-5,12H2,1-2H3,(H,28,31). The van der Waals surface area contributed by atoms with Crippen LogP contribution in [0.15, 0.2) is 54.6 Å². The van der Waals surface area contributed by atoms with Crippen molar-refractivity contribution in [1.82, 2.24) is 5.32 Å². The van der Waals surface area contributed by atoms with Crippen LogP contribution in [0.2, 0.25) is 0 Å². The third kappa shape index (κ3) is 3.36. The topological polar surface area (TPSA) is 105 Å². The molecular weight excluding hydrogens is 434 g/mol. The van der Waals surface area contributed by atoms with Crippen molar-refractivity contribution in [2.75, 3.05) is 6.54 Å². The first-order valence-corrected chi connectivity index (χ1v) is 11.3. The molecular formula is C27H25NO6. The summed E-state index contributed by atoms with van der Waals surface area (Å²) in [4.78, 5) is 26.3. The van der Waals surface area contributed by atoms with Crippen molar-refractivity contribution < 1.29 is 29.3 Å². The first kappa shape index (κ1) is 21.8. The zero-order chi connectivity index (χ0) is 24.0. The summed E-state index contributed by atoms with van der Waals surface area (Å²) in [5.41, 5.74) is 0.606. The van der Waals surface area contributed by atoms with Gasteiger partial charge in [0.15, 0.2) is 5.60 Å². The number of amides is 1. The largest absolute Gasteiger partial charge is 0.508 e. The van der Waals surface area contributed by atoms with Gasteiger partial charge in [0, 0.05) is 35.4 Å². The highest BCUT2D eigenvalue weighted by Crippen LogP contribution is 2.57. The van der Waals surface area contributed by atoms with E-state index in [4.69, 9.17) is 9.47 Å². The smallest absolute Gasteiger partial charge is 0.340 e. The Labute approximate surface area is 197 Å². The lowest BCUT2D eigenvalue weighted by Crippen LogP contribution is -2.33. The number of aromatic hydroxyl groups is 2. The fraction of sp³-hybridized carbons (Fsp3) is 0.259. The van der Waals surface area contributed by atoms with E-state index in [0.29, 0.717) is 40.7 Å². The van der Waals surface area contributed by atoms with Crippen LogP contribution in [-0.4, -0.2) is 28.6 Å². The molecule has 0 saturated heterocycles. The van der Waals surface area contributed by atoms with Crippen LogP contribution in [0.3, 0.4) is 0 Å². The summed E-state index contributed by atoms with van der Waals surface area (Å²) in [6.45, 7) is 4.77. The lowest BCUT2D eigenvalue weighted by atomic mass is 9.77. The number of ether oxygens (including phenoxy) is 2. The van der Waals surface area contributed by atoms with E-state index in [-0.39, 0.29) is 28.5 Å². The minimum absolute atomic E-state index is 0.0171. The van der Waals surface area contributed by atoms with Crippen molar-refractivity contribution in [2.24, 2.45) is 5.92 Å². The first-order chi connectivity index (χ1) is 16.3. The molecule has 2 aliphatic heterocycles. The molecule has 1 spiro atoms. The van der Waals surface area contributed by atoms with Crippen molar-refractivity contribution in [2.45, 2.75) is 32.3 Å². The zero-order valence-electron chi connectivity index (χ0n) is 18.9. The van der Waals surface area contributed by atoms with Crippen LogP contribution < -0.4 is 10.1 Å². The second-order valence-electron chi connectivity index (χ2n) is 9.05. The molecule has 7 nitrogen and oxygen atoms in total. The summed E-state index contributed by atoms with van der Waals surface area (Å²) in [7, 11) is 0. The van der Waals surface area contributed by atoms with E-state index in [1.807, 2.05) is 0 Å². The van der Waals surface area contributed by atoms with E-state index >= 15 is 0 Å². The van der Waals surface area contributed by atoms with E-state index in [1.165, 1.54) is 24.3 Å². The number of esters is 1. The Hall–Kier alpha value is -4.00. The summed E-state index contributed by atoms with van der Waals surface area (Å²) in [6, 6.07) is 14.2. The van der Waals surface area contributed by atoms with E-state index in [9.17, 15) is 19.8 Å². The predicted octanol–water partition coefficient (Wildman–Crippen LogP) is 4.83. The van der Waals surface area contributed by atoms with Gasteiger partial charge in [-0.15, -0.1) is 0 Å². The number of carbonyl (C=O) groups excluding carboxylic acids is 2. The van der Waals surface area contributed by atoms with Gasteiger partial charge in [-0.1, -0.05) is 26.0 Å². The summed E-state index contributed by atoms with van der Waals surface area (Å²) in [6.07, 6.45) is 1.84. The molecule has 0 radical (unpaired) electrons. The first-order valence-electron chi connectivity index (χ1n) is 11.3. The third-order valence-electron chi connectivity index (χ3n) is 6.29. The quantitative estimate of drug-likeness (QED) is 0.373. The maximum absolute atomic E-state index is 13.3. The number of phenolic OH excluding ortho intramolecular Hbond substituents is 2. The molecule has 5 rings (SSSR count). The summed E-state index contributed by atoms with van der Waals surface area (Å²) < 4.78 is 12.0. The average Bonchev–Trinajstić information content (AvgIpc) is 3.09. The highest BCUT2D eigenvalue weighted by atomic mass is 16.6. The van der Waals surface area contributed by atoms with Crippen molar-refractivity contribution in [3.63, 3.8) is 0 Å². The number of phenols is 2. The number of rotatable bonds is 5. The van der Waals surface area contributed by atoms with Crippen LogP contribution in [-0.2, 0) is 10.3 Å². The van der Waals surface area contributed by atoms with Gasteiger partial charge in [-0.05, 0) is 49.1 Å². The molecule has 7 heteroatoms. The monoisotopic (exact) mass is 459 g/mol. The number of hydrogen-bond acceptors (Lipinski definition) is 6. The fourth-order valence-electron chi connectivity index (χ4n) is 4.74. The van der Waals surface area contributed by atoms with Crippen LogP contribution in [0.4, 0.5) is 0 Å². The van der Waals surface area contributed by atoms with Crippen molar-refractivity contribution in [3.05, 3.63) is 82.4 Å². The highest BCUT2D eigenvalue weighted by Gasteiger charge is 2.54. The van der Waals surface area contributed by atoms with Gasteiger partial charge in [0.05, 0.1) is 11.1 Å². The molecule has 1 amide bonds. The molecule has 34 heavy (non-hydrogen) atoms. The van der Waals surface area contributed by atoms with Crippen LogP contribution >= 0.6 is 0 Å². The Kier molecular flexibility index (Phi) is 5.20. The van der Waals surface area contributed by atoms with Gasteiger partial charge < -0.3 is 25.0 Å². The molecule has 174 valence electrons. The molecule has 3 aromatic rings. The second-order valence-corrected chi connectivity index (χ2v) is 9.05. The molecule has 0 unspecified atom stereocenters. The van der Waals surface area contributed by atoms with E-state index < -0.39 is 11.6 Å². The second kappa shape index (κ2) is 8.09. The molecule has 0 saturated carbocycles. The van der Waals surface area contributed by atoms with Crippen LogP contribution in [0.1, 0.15) is 64.1 Å². The third-order valence-corrected chi connectivity index (χ3v) is 6.29. The van der Waals surface area contributed by atoms with Gasteiger partial charge in [-0.25, -0.2) is 4.79 Å². The SMILES string of the molecule is CC(C)CCCNC(=O)c1cccc2c1C(=O)OC21c2ccc(O)cc2Oc2cc(O)ccc21. The minimum atomic E-state index is -1.38. The molecule has 0 fully saturated rings. The van der Waals surface area contributed by atoms with Gasteiger partial charge >= 0.3 is 5.97 Å². The fourth-order valence-corrected chi connectivity index (χ4v) is 4.74. The van der Waals surface area contributed by atoms with Gasteiger partial charge in [0.2, 0.25) is 0 Å². The summed E-state index contributed by atoms with van der Waals surface area (Å²) >= 11 is 0. The normalized spacial score (nSPS) is 14.7. The Bertz CT molecular complexity index is 1260. The van der Waals surface area contributed by atoms with Gasteiger partial charge in [0.1, 0.15) is 23.0 Å². The Balaban J connectivity index is 1.64. The summed E-state index contributed by atoms with van der Waals surface area (Å²) in [5, 5.41) is 23.0. The van der Waals surface area contributed by atoms with Crippen molar-refractivity contribution in [1.29, 1.82) is 0 Å². The number of fused-ring (bicyclic) bond motifs is 6. The van der Waals surface area contributed by atoms with Crippen LogP contribution in [0, 0.1) is 5.92 Å². The molecule has 3 N–H and O–H groups in total. The Morgan fingerprint density at radius 3 is 2.24 bits per heavy atom. The predicted molar refractivity (Wildman–Crippen MR) is 124 cm³/mol. The number of benzene rings is 3. The number of hydrogen-bond donors (Lipinski definition) is 3. The van der Waals surface area contributed by atoms with Crippen LogP contribution in [0.25, 0.3) is 0 Å². The molecule has 0 atom stereocenters. The molecule has 0 aromatic heterocycles. The molecule has 2 aliphatic rings.